The van der Waals surface area contributed by atoms with Crippen molar-refractivity contribution in [1.82, 2.24) is 5.32 Å². The molecular weight excluding hydrogens is 298 g/mol. The molecule has 0 heterocycles. The second kappa shape index (κ2) is 12.1. The normalized spacial score (nSPS) is 12.4. The smallest absolute Gasteiger partial charge is 0.251 e. The highest BCUT2D eigenvalue weighted by Crippen LogP contribution is 2.15. The van der Waals surface area contributed by atoms with Crippen LogP contribution in [0.1, 0.15) is 81.6 Å². The standard InChI is InChI=1S/C21H35NO2/c1-5-7-9-18(6-2)16-24-15-8-14-22-21(23)20-12-10-19(11-13-20)17(3)4/h10-13,17-18H,5-9,14-16H2,1-4H3,(H,22,23). The molecule has 0 saturated heterocycles. The number of nitrogens with one attached hydrogen (secondary N) is 1. The Bertz CT molecular complexity index is 453. The molecule has 1 unspecified atom stereocenters. The van der Waals surface area contributed by atoms with Crippen molar-refractivity contribution < 1.29 is 9.53 Å². The molecule has 0 aromatic heterocycles. The van der Waals surface area contributed by atoms with Gasteiger partial charge in [-0.25, -0.2) is 0 Å². The van der Waals surface area contributed by atoms with Crippen LogP contribution in [0.3, 0.4) is 0 Å². The molecule has 0 radical (unpaired) electrons. The van der Waals surface area contributed by atoms with Crippen molar-refractivity contribution in [1.29, 1.82) is 0 Å². The summed E-state index contributed by atoms with van der Waals surface area (Å²) in [5.41, 5.74) is 1.99. The second-order valence-electron chi connectivity index (χ2n) is 6.88. The Labute approximate surface area is 148 Å². The molecular formula is C21H35NO2. The molecule has 0 bridgehead atoms. The highest BCUT2D eigenvalue weighted by Gasteiger charge is 2.07. The minimum absolute atomic E-state index is 0.000290. The Morgan fingerprint density at radius 2 is 1.83 bits per heavy atom. The van der Waals surface area contributed by atoms with E-state index in [-0.39, 0.29) is 5.91 Å². The number of carbonyl (C=O) groups is 1. The molecule has 3 nitrogen and oxygen atoms in total. The first-order valence-corrected chi connectivity index (χ1v) is 9.54. The summed E-state index contributed by atoms with van der Waals surface area (Å²) in [5.74, 6) is 1.17. The second-order valence-corrected chi connectivity index (χ2v) is 6.88. The van der Waals surface area contributed by atoms with E-state index in [0.717, 1.165) is 25.2 Å². The molecule has 24 heavy (non-hydrogen) atoms. The first-order chi connectivity index (χ1) is 11.6. The van der Waals surface area contributed by atoms with Gasteiger partial charge >= 0.3 is 0 Å². The third-order valence-corrected chi connectivity index (χ3v) is 4.49. The van der Waals surface area contributed by atoms with E-state index in [2.05, 4.69) is 33.0 Å². The Morgan fingerprint density at radius 1 is 1.12 bits per heavy atom. The molecule has 1 amide bonds. The van der Waals surface area contributed by atoms with Crippen LogP contribution in [-0.2, 0) is 4.74 Å². The van der Waals surface area contributed by atoms with Crippen LogP contribution in [0, 0.1) is 5.92 Å². The molecule has 0 fully saturated rings. The van der Waals surface area contributed by atoms with Gasteiger partial charge in [-0.1, -0.05) is 59.1 Å². The minimum Gasteiger partial charge on any atom is -0.381 e. The van der Waals surface area contributed by atoms with Gasteiger partial charge in [0.15, 0.2) is 0 Å². The highest BCUT2D eigenvalue weighted by molar-refractivity contribution is 5.94. The Hall–Kier alpha value is -1.35. The summed E-state index contributed by atoms with van der Waals surface area (Å²) in [4.78, 5) is 12.1. The molecule has 0 aliphatic carbocycles. The zero-order valence-corrected chi connectivity index (χ0v) is 15.9. The molecule has 1 aromatic rings. The van der Waals surface area contributed by atoms with Crippen molar-refractivity contribution in [3.05, 3.63) is 35.4 Å². The van der Waals surface area contributed by atoms with Gasteiger partial charge in [0.25, 0.3) is 5.91 Å². The van der Waals surface area contributed by atoms with Crippen LogP contribution < -0.4 is 5.32 Å². The molecule has 0 spiro atoms. The van der Waals surface area contributed by atoms with Gasteiger partial charge in [0.05, 0.1) is 0 Å². The van der Waals surface area contributed by atoms with Crippen molar-refractivity contribution in [3.63, 3.8) is 0 Å². The van der Waals surface area contributed by atoms with E-state index in [4.69, 9.17) is 4.74 Å². The van der Waals surface area contributed by atoms with Crippen LogP contribution in [0.15, 0.2) is 24.3 Å². The van der Waals surface area contributed by atoms with Crippen LogP contribution in [0.5, 0.6) is 0 Å². The lowest BCUT2D eigenvalue weighted by molar-refractivity contribution is 0.0875. The van der Waals surface area contributed by atoms with E-state index < -0.39 is 0 Å². The van der Waals surface area contributed by atoms with Crippen LogP contribution in [0.4, 0.5) is 0 Å². The number of hydrogen-bond donors (Lipinski definition) is 1. The molecule has 1 rings (SSSR count). The number of ether oxygens (including phenoxy) is 1. The monoisotopic (exact) mass is 333 g/mol. The molecule has 3 heteroatoms. The lowest BCUT2D eigenvalue weighted by Gasteiger charge is -2.14. The molecule has 1 atom stereocenters. The Morgan fingerprint density at radius 3 is 2.42 bits per heavy atom. The fraction of sp³-hybridized carbons (Fsp3) is 0.667. The number of carbonyl (C=O) groups excluding carboxylic acids is 1. The average Bonchev–Trinajstić information content (AvgIpc) is 2.60. The van der Waals surface area contributed by atoms with Gasteiger partial charge in [-0.2, -0.15) is 0 Å². The zero-order chi connectivity index (χ0) is 17.8. The Kier molecular flexibility index (Phi) is 10.4. The predicted molar refractivity (Wildman–Crippen MR) is 102 cm³/mol. The zero-order valence-electron chi connectivity index (χ0n) is 15.9. The van der Waals surface area contributed by atoms with Crippen molar-refractivity contribution in [2.24, 2.45) is 5.92 Å². The van der Waals surface area contributed by atoms with Crippen molar-refractivity contribution in [2.75, 3.05) is 19.8 Å². The SMILES string of the molecule is CCCCC(CC)COCCCNC(=O)c1ccc(C(C)C)cc1. The topological polar surface area (TPSA) is 38.3 Å². The largest absolute Gasteiger partial charge is 0.381 e. The summed E-state index contributed by atoms with van der Waals surface area (Å²) in [6, 6.07) is 7.87. The van der Waals surface area contributed by atoms with Crippen molar-refractivity contribution >= 4 is 5.91 Å². The molecule has 136 valence electrons. The number of benzene rings is 1. The first-order valence-electron chi connectivity index (χ1n) is 9.54. The van der Waals surface area contributed by atoms with Crippen LogP contribution in [0.25, 0.3) is 0 Å². The Balaban J connectivity index is 2.17. The van der Waals surface area contributed by atoms with Crippen LogP contribution >= 0.6 is 0 Å². The number of amides is 1. The molecule has 0 aliphatic rings. The van der Waals surface area contributed by atoms with E-state index in [9.17, 15) is 4.79 Å². The number of hydrogen-bond acceptors (Lipinski definition) is 2. The van der Waals surface area contributed by atoms with Crippen LogP contribution in [0.2, 0.25) is 0 Å². The van der Waals surface area contributed by atoms with Gasteiger partial charge in [0.2, 0.25) is 0 Å². The van der Waals surface area contributed by atoms with Gasteiger partial charge in [0.1, 0.15) is 0 Å². The van der Waals surface area contributed by atoms with Crippen molar-refractivity contribution in [3.8, 4) is 0 Å². The number of rotatable bonds is 12. The molecule has 1 N–H and O–H groups in total. The molecule has 0 aliphatic heterocycles. The quantitative estimate of drug-likeness (QED) is 0.536. The summed E-state index contributed by atoms with van der Waals surface area (Å²) >= 11 is 0. The minimum atomic E-state index is -0.000290. The van der Waals surface area contributed by atoms with Gasteiger partial charge in [-0.15, -0.1) is 0 Å². The summed E-state index contributed by atoms with van der Waals surface area (Å²) in [6.45, 7) is 11.0. The van der Waals surface area contributed by atoms with Gasteiger partial charge in [-0.3, -0.25) is 4.79 Å². The summed E-state index contributed by atoms with van der Waals surface area (Å²) in [7, 11) is 0. The predicted octanol–water partition coefficient (Wildman–Crippen LogP) is 5.16. The van der Waals surface area contributed by atoms with E-state index in [0.29, 0.717) is 18.4 Å². The number of unbranched alkanes of at least 4 members (excludes halogenated alkanes) is 1. The first kappa shape index (κ1) is 20.7. The molecule has 0 saturated carbocycles. The van der Waals surface area contributed by atoms with Gasteiger partial charge < -0.3 is 10.1 Å². The van der Waals surface area contributed by atoms with E-state index in [1.165, 1.54) is 31.2 Å². The summed E-state index contributed by atoms with van der Waals surface area (Å²) in [5, 5.41) is 2.97. The summed E-state index contributed by atoms with van der Waals surface area (Å²) < 4.78 is 5.76. The van der Waals surface area contributed by atoms with E-state index in [1.54, 1.807) is 0 Å². The lowest BCUT2D eigenvalue weighted by atomic mass is 10.0. The van der Waals surface area contributed by atoms with Crippen molar-refractivity contribution in [2.45, 2.75) is 65.7 Å². The summed E-state index contributed by atoms with van der Waals surface area (Å²) in [6.07, 6.45) is 5.84. The van der Waals surface area contributed by atoms with E-state index >= 15 is 0 Å². The fourth-order valence-corrected chi connectivity index (χ4v) is 2.65. The maximum atomic E-state index is 12.1. The van der Waals surface area contributed by atoms with E-state index in [1.807, 2.05) is 24.3 Å². The maximum Gasteiger partial charge on any atom is 0.251 e. The van der Waals surface area contributed by atoms with Crippen LogP contribution in [-0.4, -0.2) is 25.7 Å². The third kappa shape index (κ3) is 7.96. The van der Waals surface area contributed by atoms with Gasteiger partial charge in [0, 0.05) is 25.3 Å². The lowest BCUT2D eigenvalue weighted by Crippen LogP contribution is -2.25. The maximum absolute atomic E-state index is 12.1. The highest BCUT2D eigenvalue weighted by atomic mass is 16.5. The molecule has 1 aromatic carbocycles. The fourth-order valence-electron chi connectivity index (χ4n) is 2.65. The third-order valence-electron chi connectivity index (χ3n) is 4.49. The van der Waals surface area contributed by atoms with Gasteiger partial charge in [-0.05, 0) is 42.4 Å². The average molecular weight is 334 g/mol.